The van der Waals surface area contributed by atoms with E-state index in [1.807, 2.05) is 0 Å². The highest BCUT2D eigenvalue weighted by molar-refractivity contribution is 7.13. The van der Waals surface area contributed by atoms with Gasteiger partial charge in [-0.05, 0) is 18.2 Å². The minimum atomic E-state index is -4.71. The molecule has 0 saturated carbocycles. The van der Waals surface area contributed by atoms with Gasteiger partial charge in [-0.2, -0.15) is 13.2 Å². The lowest BCUT2D eigenvalue weighted by Gasteiger charge is -2.11. The molecule has 1 amide bonds. The van der Waals surface area contributed by atoms with Gasteiger partial charge >= 0.3 is 6.18 Å². The molecule has 1 atom stereocenters. The average molecular weight is 582 g/mol. The SMILES string of the molecule is CC(CC(=O)c1ncnc(Nc2ccccn2)c1Cl)c1ncc(C(=O)Nc2cc(C(F)(F)F)c(Cl)cn2)s1. The van der Waals surface area contributed by atoms with E-state index in [9.17, 15) is 22.8 Å². The van der Waals surface area contributed by atoms with Gasteiger partial charge in [0.25, 0.3) is 5.91 Å². The van der Waals surface area contributed by atoms with Crippen molar-refractivity contribution in [1.29, 1.82) is 0 Å². The molecule has 38 heavy (non-hydrogen) atoms. The molecule has 2 N–H and O–H groups in total. The zero-order chi connectivity index (χ0) is 27.4. The van der Waals surface area contributed by atoms with Crippen molar-refractivity contribution in [3.63, 3.8) is 0 Å². The Kier molecular flexibility index (Phi) is 8.19. The van der Waals surface area contributed by atoms with Crippen LogP contribution in [0.3, 0.4) is 0 Å². The van der Waals surface area contributed by atoms with Crippen molar-refractivity contribution in [1.82, 2.24) is 24.9 Å². The highest BCUT2D eigenvalue weighted by atomic mass is 35.5. The Morgan fingerprint density at radius 2 is 1.84 bits per heavy atom. The fourth-order valence-corrected chi connectivity index (χ4v) is 4.52. The molecule has 1 unspecified atom stereocenters. The maximum absolute atomic E-state index is 13.1. The summed E-state index contributed by atoms with van der Waals surface area (Å²) in [5, 5.41) is 5.13. The molecule has 0 aliphatic rings. The van der Waals surface area contributed by atoms with Gasteiger partial charge in [0.1, 0.15) is 33.6 Å². The van der Waals surface area contributed by atoms with Crippen molar-refractivity contribution in [2.75, 3.05) is 10.6 Å². The number of carbonyl (C=O) groups is 2. The molecule has 0 aliphatic heterocycles. The van der Waals surface area contributed by atoms with Crippen molar-refractivity contribution in [2.24, 2.45) is 0 Å². The van der Waals surface area contributed by atoms with Gasteiger partial charge in [-0.3, -0.25) is 9.59 Å². The first-order valence-corrected chi connectivity index (χ1v) is 12.3. The van der Waals surface area contributed by atoms with Gasteiger partial charge in [0.15, 0.2) is 11.6 Å². The maximum atomic E-state index is 13.1. The van der Waals surface area contributed by atoms with Gasteiger partial charge in [0, 0.05) is 24.7 Å². The van der Waals surface area contributed by atoms with Crippen LogP contribution in [-0.2, 0) is 6.18 Å². The van der Waals surface area contributed by atoms with Crippen molar-refractivity contribution >= 4 is 63.7 Å². The van der Waals surface area contributed by atoms with Crippen LogP contribution in [0.15, 0.2) is 49.2 Å². The van der Waals surface area contributed by atoms with Gasteiger partial charge in [0.2, 0.25) is 0 Å². The number of halogens is 5. The van der Waals surface area contributed by atoms with E-state index in [-0.39, 0.29) is 39.4 Å². The minimum absolute atomic E-state index is 0.00996. The third kappa shape index (κ3) is 6.41. The molecule has 4 rings (SSSR count). The second-order valence-electron chi connectivity index (χ2n) is 7.82. The summed E-state index contributed by atoms with van der Waals surface area (Å²) in [5.41, 5.74) is -1.11. The third-order valence-corrected chi connectivity index (χ3v) is 6.91. The van der Waals surface area contributed by atoms with Gasteiger partial charge in [-0.15, -0.1) is 11.3 Å². The molecule has 196 valence electrons. The molecule has 0 bridgehead atoms. The Morgan fingerprint density at radius 3 is 2.55 bits per heavy atom. The number of aromatic nitrogens is 5. The van der Waals surface area contributed by atoms with Crippen molar-refractivity contribution < 1.29 is 22.8 Å². The lowest BCUT2D eigenvalue weighted by atomic mass is 10.0. The molecule has 4 aromatic heterocycles. The van der Waals surface area contributed by atoms with Crippen molar-refractivity contribution in [3.05, 3.63) is 80.4 Å². The van der Waals surface area contributed by atoms with Crippen LogP contribution >= 0.6 is 34.5 Å². The highest BCUT2D eigenvalue weighted by Crippen LogP contribution is 2.35. The summed E-state index contributed by atoms with van der Waals surface area (Å²) in [6.07, 6.45) is 0.128. The van der Waals surface area contributed by atoms with E-state index < -0.39 is 28.6 Å². The summed E-state index contributed by atoms with van der Waals surface area (Å²) in [6.45, 7) is 1.73. The van der Waals surface area contributed by atoms with Crippen LogP contribution in [0, 0.1) is 0 Å². The van der Waals surface area contributed by atoms with E-state index in [0.29, 0.717) is 16.9 Å². The highest BCUT2D eigenvalue weighted by Gasteiger charge is 2.34. The first-order chi connectivity index (χ1) is 18.0. The number of rotatable bonds is 8. The number of amides is 1. The quantitative estimate of drug-likeness (QED) is 0.228. The predicted octanol–water partition coefficient (Wildman–Crippen LogP) is 6.42. The predicted molar refractivity (Wildman–Crippen MR) is 136 cm³/mol. The zero-order valence-electron chi connectivity index (χ0n) is 19.3. The van der Waals surface area contributed by atoms with Crippen LogP contribution in [0.2, 0.25) is 10.0 Å². The third-order valence-electron chi connectivity index (χ3n) is 5.03. The number of thiazole rings is 1. The van der Waals surface area contributed by atoms with Gasteiger partial charge in [-0.1, -0.05) is 36.2 Å². The van der Waals surface area contributed by atoms with Crippen LogP contribution in [0.25, 0.3) is 0 Å². The standard InChI is InChI=1S/C23H16Cl2F3N7O2S/c1-11(6-14(36)19-18(25)20(33-10-32-19)34-16-4-2-3-5-29-16)22-31-9-15(38-22)21(37)35-17-7-12(23(26,27)28)13(24)8-30-17/h2-5,7-11H,6H2,1H3,(H,30,35,37)(H,29,32,33,34). The van der Waals surface area contributed by atoms with Crippen LogP contribution < -0.4 is 10.6 Å². The Bertz CT molecular complexity index is 1490. The van der Waals surface area contributed by atoms with Crippen LogP contribution in [0.5, 0.6) is 0 Å². The first kappa shape index (κ1) is 27.4. The topological polar surface area (TPSA) is 123 Å². The molecule has 0 fully saturated rings. The lowest BCUT2D eigenvalue weighted by molar-refractivity contribution is -0.137. The first-order valence-electron chi connectivity index (χ1n) is 10.7. The number of ketones is 1. The molecule has 0 radical (unpaired) electrons. The Labute approximate surface area is 227 Å². The summed E-state index contributed by atoms with van der Waals surface area (Å²) in [6, 6.07) is 5.86. The maximum Gasteiger partial charge on any atom is 0.418 e. The summed E-state index contributed by atoms with van der Waals surface area (Å²) < 4.78 is 39.2. The zero-order valence-corrected chi connectivity index (χ0v) is 21.6. The monoisotopic (exact) mass is 581 g/mol. The van der Waals surface area contributed by atoms with Crippen molar-refractivity contribution in [3.8, 4) is 0 Å². The Hall–Kier alpha value is -3.68. The number of anilines is 3. The molecule has 15 heteroatoms. The molecule has 9 nitrogen and oxygen atoms in total. The molecular weight excluding hydrogens is 566 g/mol. The number of nitrogens with one attached hydrogen (secondary N) is 2. The Balaban J connectivity index is 1.43. The molecule has 0 saturated heterocycles. The van der Waals surface area contributed by atoms with Gasteiger partial charge in [0.05, 0.1) is 21.8 Å². The average Bonchev–Trinajstić information content (AvgIpc) is 3.37. The van der Waals surface area contributed by atoms with Gasteiger partial charge < -0.3 is 10.6 Å². The number of hydrogen-bond acceptors (Lipinski definition) is 9. The number of hydrogen-bond donors (Lipinski definition) is 2. The lowest BCUT2D eigenvalue weighted by Crippen LogP contribution is -2.13. The second-order valence-corrected chi connectivity index (χ2v) is 9.66. The largest absolute Gasteiger partial charge is 0.418 e. The van der Waals surface area contributed by atoms with Crippen LogP contribution in [0.4, 0.5) is 30.6 Å². The number of carbonyl (C=O) groups excluding carboxylic acids is 2. The molecule has 4 heterocycles. The smallest absolute Gasteiger partial charge is 0.324 e. The summed E-state index contributed by atoms with van der Waals surface area (Å²) in [7, 11) is 0. The summed E-state index contributed by atoms with van der Waals surface area (Å²) >= 11 is 12.9. The minimum Gasteiger partial charge on any atom is -0.324 e. The van der Waals surface area contributed by atoms with E-state index in [1.165, 1.54) is 12.5 Å². The van der Waals surface area contributed by atoms with E-state index in [1.54, 1.807) is 31.3 Å². The fraction of sp³-hybridized carbons (Fsp3) is 0.174. The molecule has 0 spiro atoms. The molecular formula is C23H16Cl2F3N7O2S. The molecule has 0 aliphatic carbocycles. The number of alkyl halides is 3. The molecule has 0 aromatic carbocycles. The fourth-order valence-electron chi connectivity index (χ4n) is 3.19. The summed E-state index contributed by atoms with van der Waals surface area (Å²) in [5.74, 6) is -1.12. The van der Waals surface area contributed by atoms with E-state index in [2.05, 4.69) is 35.6 Å². The Morgan fingerprint density at radius 1 is 1.05 bits per heavy atom. The molecule has 4 aromatic rings. The number of pyridine rings is 2. The van der Waals surface area contributed by atoms with E-state index >= 15 is 0 Å². The van der Waals surface area contributed by atoms with Gasteiger partial charge in [-0.25, -0.2) is 24.9 Å². The van der Waals surface area contributed by atoms with Crippen LogP contribution in [-0.4, -0.2) is 36.6 Å². The van der Waals surface area contributed by atoms with Crippen LogP contribution in [0.1, 0.15) is 50.0 Å². The normalized spacial score (nSPS) is 12.2. The van der Waals surface area contributed by atoms with E-state index in [4.69, 9.17) is 23.2 Å². The number of nitrogens with zero attached hydrogens (tertiary/aromatic N) is 5. The summed E-state index contributed by atoms with van der Waals surface area (Å²) in [4.78, 5) is 45.7. The second kappa shape index (κ2) is 11.4. The number of Topliss-reactive ketones (excluding diaryl/α,β-unsaturated/α-hetero) is 1. The van der Waals surface area contributed by atoms with E-state index in [0.717, 1.165) is 17.5 Å². The van der Waals surface area contributed by atoms with Crippen molar-refractivity contribution in [2.45, 2.75) is 25.4 Å².